The van der Waals surface area contributed by atoms with E-state index < -0.39 is 40.7 Å². The highest BCUT2D eigenvalue weighted by Crippen LogP contribution is 2.34. The van der Waals surface area contributed by atoms with Gasteiger partial charge in [-0.2, -0.15) is 0 Å². The summed E-state index contributed by atoms with van der Waals surface area (Å²) in [6.45, 7) is 15.8. The predicted molar refractivity (Wildman–Crippen MR) is 172 cm³/mol. The first-order valence-corrected chi connectivity index (χ1v) is 14.9. The highest BCUT2D eigenvalue weighted by Gasteiger charge is 2.44. The number of carbonyl (C=O) groups excluding carboxylic acids is 3. The van der Waals surface area contributed by atoms with Gasteiger partial charge in [0.2, 0.25) is 11.8 Å². The maximum Gasteiger partial charge on any atom is 0.333 e. The normalized spacial score (nSPS) is 14.7. The molecule has 0 radical (unpaired) electrons. The van der Waals surface area contributed by atoms with Crippen LogP contribution in [-0.4, -0.2) is 68.6 Å². The van der Waals surface area contributed by atoms with Crippen LogP contribution in [0.15, 0.2) is 66.2 Å². The summed E-state index contributed by atoms with van der Waals surface area (Å²) in [6, 6.07) is 15.6. The maximum absolute atomic E-state index is 14.3. The zero-order valence-electron chi connectivity index (χ0n) is 27.8. The van der Waals surface area contributed by atoms with Crippen LogP contribution in [0.3, 0.4) is 0 Å². The molecule has 8 nitrogen and oxygen atoms in total. The summed E-state index contributed by atoms with van der Waals surface area (Å²) in [7, 11) is 5.20. The van der Waals surface area contributed by atoms with Crippen molar-refractivity contribution in [3.8, 4) is 5.75 Å². The third-order valence-electron chi connectivity index (χ3n) is 8.38. The van der Waals surface area contributed by atoms with Gasteiger partial charge in [-0.3, -0.25) is 19.8 Å². The first-order valence-electron chi connectivity index (χ1n) is 14.9. The maximum atomic E-state index is 14.3. The molecule has 0 aromatic heterocycles. The second-order valence-corrected chi connectivity index (χ2v) is 12.5. The predicted octanol–water partition coefficient (Wildman–Crippen LogP) is 5.02. The molecule has 0 aliphatic heterocycles. The SMILES string of the molecule is CCOC(=O)/C(C)=C/[C@H](C(C)C)N(C)[C@H](C(=O)NC(=O)[C@@H](NC)C(C)(C)c1ccccc1)C(C)(C)c1ccc(OC)cc1. The van der Waals surface area contributed by atoms with Crippen molar-refractivity contribution < 1.29 is 23.9 Å². The van der Waals surface area contributed by atoms with E-state index >= 15 is 0 Å². The highest BCUT2D eigenvalue weighted by atomic mass is 16.5. The Morgan fingerprint density at radius 1 is 0.907 bits per heavy atom. The number of ether oxygens (including phenoxy) is 2. The van der Waals surface area contributed by atoms with E-state index in [2.05, 4.69) is 10.6 Å². The van der Waals surface area contributed by atoms with Crippen LogP contribution in [0.5, 0.6) is 5.75 Å². The molecule has 2 rings (SSSR count). The van der Waals surface area contributed by atoms with E-state index in [9.17, 15) is 14.4 Å². The van der Waals surface area contributed by atoms with Crippen molar-refractivity contribution in [1.29, 1.82) is 0 Å². The van der Waals surface area contributed by atoms with E-state index in [1.807, 2.05) is 114 Å². The average molecular weight is 594 g/mol. The van der Waals surface area contributed by atoms with Gasteiger partial charge in [-0.05, 0) is 57.1 Å². The molecule has 0 unspecified atom stereocenters. The molecule has 2 aromatic carbocycles. The van der Waals surface area contributed by atoms with Crippen molar-refractivity contribution in [1.82, 2.24) is 15.5 Å². The van der Waals surface area contributed by atoms with Crippen LogP contribution in [0, 0.1) is 5.92 Å². The van der Waals surface area contributed by atoms with Gasteiger partial charge in [-0.15, -0.1) is 0 Å². The van der Waals surface area contributed by atoms with Gasteiger partial charge in [-0.1, -0.05) is 90.1 Å². The second-order valence-electron chi connectivity index (χ2n) is 12.5. The van der Waals surface area contributed by atoms with Crippen LogP contribution in [0.1, 0.15) is 66.5 Å². The van der Waals surface area contributed by atoms with Crippen molar-refractivity contribution in [3.63, 3.8) is 0 Å². The topological polar surface area (TPSA) is 97.0 Å². The largest absolute Gasteiger partial charge is 0.497 e. The van der Waals surface area contributed by atoms with Gasteiger partial charge < -0.3 is 14.8 Å². The Bertz CT molecular complexity index is 1250. The number of nitrogens with one attached hydrogen (secondary N) is 2. The molecule has 2 aromatic rings. The number of rotatable bonds is 14. The summed E-state index contributed by atoms with van der Waals surface area (Å²) in [5.41, 5.74) is 0.978. The van der Waals surface area contributed by atoms with E-state index in [4.69, 9.17) is 9.47 Å². The third-order valence-corrected chi connectivity index (χ3v) is 8.38. The number of carbonyl (C=O) groups is 3. The summed E-state index contributed by atoms with van der Waals surface area (Å²) in [6.07, 6.45) is 1.85. The highest BCUT2D eigenvalue weighted by molar-refractivity contribution is 6.01. The molecule has 0 fully saturated rings. The number of likely N-dealkylation sites (N-methyl/N-ethyl adjacent to an activating group) is 2. The minimum Gasteiger partial charge on any atom is -0.497 e. The number of esters is 1. The summed E-state index contributed by atoms with van der Waals surface area (Å²) in [4.78, 5) is 42.6. The van der Waals surface area contributed by atoms with Gasteiger partial charge in [0, 0.05) is 22.4 Å². The Hall–Kier alpha value is -3.49. The van der Waals surface area contributed by atoms with Gasteiger partial charge in [0.15, 0.2) is 0 Å². The fourth-order valence-electron chi connectivity index (χ4n) is 5.84. The fraction of sp³-hybridized carbons (Fsp3) is 0.514. The van der Waals surface area contributed by atoms with Crippen LogP contribution in [0.2, 0.25) is 0 Å². The smallest absolute Gasteiger partial charge is 0.333 e. The van der Waals surface area contributed by atoms with Crippen LogP contribution in [-0.2, 0) is 30.0 Å². The lowest BCUT2D eigenvalue weighted by atomic mass is 9.75. The lowest BCUT2D eigenvalue weighted by Crippen LogP contribution is -2.62. The number of hydrogen-bond donors (Lipinski definition) is 2. The van der Waals surface area contributed by atoms with Gasteiger partial charge in [0.1, 0.15) is 5.75 Å². The minimum atomic E-state index is -0.791. The molecule has 2 amide bonds. The average Bonchev–Trinajstić information content (AvgIpc) is 2.96. The first-order chi connectivity index (χ1) is 20.1. The fourth-order valence-corrected chi connectivity index (χ4v) is 5.84. The van der Waals surface area contributed by atoms with Gasteiger partial charge in [-0.25, -0.2) is 4.79 Å². The van der Waals surface area contributed by atoms with Crippen molar-refractivity contribution >= 4 is 17.8 Å². The molecule has 0 saturated heterocycles. The minimum absolute atomic E-state index is 0.0362. The molecule has 0 spiro atoms. The van der Waals surface area contributed by atoms with Gasteiger partial charge >= 0.3 is 5.97 Å². The van der Waals surface area contributed by atoms with Crippen LogP contribution in [0.4, 0.5) is 0 Å². The van der Waals surface area contributed by atoms with Crippen molar-refractivity contribution in [2.75, 3.05) is 27.8 Å². The molecule has 3 atom stereocenters. The van der Waals surface area contributed by atoms with E-state index in [-0.39, 0.29) is 18.6 Å². The number of hydrogen-bond acceptors (Lipinski definition) is 7. The number of amides is 2. The van der Waals surface area contributed by atoms with Gasteiger partial charge in [0.25, 0.3) is 0 Å². The Morgan fingerprint density at radius 3 is 1.95 bits per heavy atom. The van der Waals surface area contributed by atoms with Crippen LogP contribution < -0.4 is 15.4 Å². The Labute approximate surface area is 258 Å². The van der Waals surface area contributed by atoms with Crippen molar-refractivity contribution in [2.24, 2.45) is 5.92 Å². The zero-order chi connectivity index (χ0) is 32.5. The van der Waals surface area contributed by atoms with Crippen molar-refractivity contribution in [2.45, 2.75) is 84.3 Å². The first kappa shape index (κ1) is 35.7. The monoisotopic (exact) mass is 593 g/mol. The second kappa shape index (κ2) is 15.3. The molecule has 0 aliphatic carbocycles. The molecule has 2 N–H and O–H groups in total. The zero-order valence-corrected chi connectivity index (χ0v) is 27.8. The summed E-state index contributed by atoms with van der Waals surface area (Å²) in [5.74, 6) is -0.492. The summed E-state index contributed by atoms with van der Waals surface area (Å²) in [5, 5.41) is 5.89. The van der Waals surface area contributed by atoms with E-state index in [0.29, 0.717) is 11.3 Å². The van der Waals surface area contributed by atoms with Crippen LogP contribution in [0.25, 0.3) is 0 Å². The van der Waals surface area contributed by atoms with Gasteiger partial charge in [0.05, 0.1) is 25.8 Å². The number of methoxy groups -OCH3 is 1. The molecular formula is C35H51N3O5. The van der Waals surface area contributed by atoms with Crippen molar-refractivity contribution in [3.05, 3.63) is 77.4 Å². The van der Waals surface area contributed by atoms with Crippen LogP contribution >= 0.6 is 0 Å². The number of benzene rings is 2. The Morgan fingerprint density at radius 2 is 1.47 bits per heavy atom. The summed E-state index contributed by atoms with van der Waals surface area (Å²) >= 11 is 0. The number of nitrogens with zero attached hydrogens (tertiary/aromatic N) is 1. The molecule has 43 heavy (non-hydrogen) atoms. The molecule has 0 heterocycles. The molecule has 236 valence electrons. The molecule has 8 heteroatoms. The van der Waals surface area contributed by atoms with E-state index in [1.165, 1.54) is 0 Å². The molecule has 0 bridgehead atoms. The Kier molecular flexibility index (Phi) is 12.7. The lowest BCUT2D eigenvalue weighted by molar-refractivity contribution is -0.138. The molecular weight excluding hydrogens is 542 g/mol. The number of imide groups is 1. The van der Waals surface area contributed by atoms with E-state index in [1.54, 1.807) is 28.0 Å². The quantitative estimate of drug-likeness (QED) is 0.235. The standard InChI is InChI=1S/C35H51N3O5/c1-12-43-33(41)24(4)22-28(23(2)3)38(10)30(35(7,8)26-18-20-27(42-11)21-19-26)32(40)37-31(39)29(36-9)34(5,6)25-16-14-13-15-17-25/h13-23,28-30,36H,12H2,1-11H3,(H,37,39,40)/b24-22+/t28-,29-,30-/m1/s1. The summed E-state index contributed by atoms with van der Waals surface area (Å²) < 4.78 is 10.6. The third kappa shape index (κ3) is 8.54. The lowest BCUT2D eigenvalue weighted by Gasteiger charge is -2.44. The van der Waals surface area contributed by atoms with E-state index in [0.717, 1.165) is 11.1 Å². The molecule has 0 saturated carbocycles. The Balaban J connectivity index is 2.58. The molecule has 0 aliphatic rings.